The second-order valence-electron chi connectivity index (χ2n) is 4.28. The Kier molecular flexibility index (Phi) is 4.47. The number of nitrogens with one attached hydrogen (secondary N) is 1. The van der Waals surface area contributed by atoms with Crippen LogP contribution in [-0.2, 0) is 0 Å². The molecule has 1 heterocycles. The summed E-state index contributed by atoms with van der Waals surface area (Å²) in [6.07, 6.45) is 4.25. The molecule has 15 heavy (non-hydrogen) atoms. The van der Waals surface area contributed by atoms with Gasteiger partial charge >= 0.3 is 0 Å². The molecule has 0 aromatic carbocycles. The first-order valence-corrected chi connectivity index (χ1v) is 5.74. The van der Waals surface area contributed by atoms with Crippen LogP contribution in [0.2, 0.25) is 0 Å². The van der Waals surface area contributed by atoms with Crippen LogP contribution in [0.3, 0.4) is 0 Å². The van der Waals surface area contributed by atoms with E-state index in [0.717, 1.165) is 23.3 Å². The van der Waals surface area contributed by atoms with Gasteiger partial charge in [-0.25, -0.2) is 9.97 Å². The van der Waals surface area contributed by atoms with E-state index in [1.54, 1.807) is 6.20 Å². The number of anilines is 1. The summed E-state index contributed by atoms with van der Waals surface area (Å²) in [6.45, 7) is 5.92. The number of nitrogens with zero attached hydrogens (tertiary/aromatic N) is 2. The van der Waals surface area contributed by atoms with Crippen molar-refractivity contribution in [1.82, 2.24) is 9.97 Å². The summed E-state index contributed by atoms with van der Waals surface area (Å²) in [5.41, 5.74) is 5.73. The van der Waals surface area contributed by atoms with Crippen molar-refractivity contribution in [1.29, 1.82) is 0 Å². The number of rotatable bonds is 5. The van der Waals surface area contributed by atoms with Crippen molar-refractivity contribution in [2.24, 2.45) is 11.1 Å². The molecule has 0 bridgehead atoms. The highest BCUT2D eigenvalue weighted by Crippen LogP contribution is 2.22. The van der Waals surface area contributed by atoms with E-state index < -0.39 is 0 Å². The molecule has 0 spiro atoms. The van der Waals surface area contributed by atoms with Crippen LogP contribution in [0.4, 0.5) is 5.82 Å². The van der Waals surface area contributed by atoms with E-state index in [-0.39, 0.29) is 5.41 Å². The maximum Gasteiger partial charge on any atom is 0.143 e. The zero-order valence-electron chi connectivity index (χ0n) is 9.13. The molecule has 5 heteroatoms. The van der Waals surface area contributed by atoms with Crippen molar-refractivity contribution < 1.29 is 0 Å². The third-order valence-corrected chi connectivity index (χ3v) is 2.80. The third kappa shape index (κ3) is 4.13. The topological polar surface area (TPSA) is 63.8 Å². The lowest BCUT2D eigenvalue weighted by molar-refractivity contribution is 0.365. The van der Waals surface area contributed by atoms with E-state index >= 15 is 0 Å². The Morgan fingerprint density at radius 3 is 2.87 bits per heavy atom. The first kappa shape index (κ1) is 12.4. The van der Waals surface area contributed by atoms with Gasteiger partial charge in [-0.3, -0.25) is 0 Å². The summed E-state index contributed by atoms with van der Waals surface area (Å²) in [5.74, 6) is 0.829. The van der Waals surface area contributed by atoms with Gasteiger partial charge in [-0.1, -0.05) is 13.8 Å². The van der Waals surface area contributed by atoms with Gasteiger partial charge in [0.05, 0.1) is 4.47 Å². The summed E-state index contributed by atoms with van der Waals surface area (Å²) in [4.78, 5) is 8.05. The summed E-state index contributed by atoms with van der Waals surface area (Å²) >= 11 is 3.39. The highest BCUT2D eigenvalue weighted by Gasteiger charge is 2.16. The maximum absolute atomic E-state index is 5.55. The predicted octanol–water partition coefficient (Wildman–Crippen LogP) is 2.03. The molecule has 0 amide bonds. The minimum atomic E-state index is 0.180. The van der Waals surface area contributed by atoms with Crippen LogP contribution in [0, 0.1) is 5.41 Å². The fraction of sp³-hybridized carbons (Fsp3) is 0.600. The normalized spacial score (nSPS) is 11.5. The maximum atomic E-state index is 5.55. The highest BCUT2D eigenvalue weighted by molar-refractivity contribution is 9.10. The third-order valence-electron chi connectivity index (χ3n) is 2.22. The summed E-state index contributed by atoms with van der Waals surface area (Å²) in [7, 11) is 0. The zero-order valence-corrected chi connectivity index (χ0v) is 10.7. The fourth-order valence-electron chi connectivity index (χ4n) is 1.24. The first-order chi connectivity index (χ1) is 7.05. The van der Waals surface area contributed by atoms with Gasteiger partial charge < -0.3 is 11.1 Å². The van der Waals surface area contributed by atoms with E-state index in [0.29, 0.717) is 6.54 Å². The van der Waals surface area contributed by atoms with Gasteiger partial charge in [-0.2, -0.15) is 0 Å². The van der Waals surface area contributed by atoms with Crippen molar-refractivity contribution >= 4 is 21.7 Å². The largest absolute Gasteiger partial charge is 0.368 e. The van der Waals surface area contributed by atoms with Gasteiger partial charge in [-0.15, -0.1) is 0 Å². The van der Waals surface area contributed by atoms with E-state index in [1.807, 2.05) is 0 Å². The molecule has 4 nitrogen and oxygen atoms in total. The van der Waals surface area contributed by atoms with E-state index in [1.165, 1.54) is 6.33 Å². The monoisotopic (exact) mass is 272 g/mol. The number of nitrogens with two attached hydrogens (primary N) is 1. The van der Waals surface area contributed by atoms with Crippen LogP contribution in [0.25, 0.3) is 0 Å². The average molecular weight is 273 g/mol. The van der Waals surface area contributed by atoms with Crippen molar-refractivity contribution in [2.45, 2.75) is 20.3 Å². The fourth-order valence-corrected chi connectivity index (χ4v) is 1.61. The molecule has 0 unspecified atom stereocenters. The predicted molar refractivity (Wildman–Crippen MR) is 65.7 cm³/mol. The highest BCUT2D eigenvalue weighted by atomic mass is 79.9. The van der Waals surface area contributed by atoms with Gasteiger partial charge in [0.1, 0.15) is 12.1 Å². The smallest absolute Gasteiger partial charge is 0.143 e. The Balaban J connectivity index is 2.53. The zero-order chi connectivity index (χ0) is 11.3. The molecular formula is C10H17BrN4. The number of hydrogen-bond acceptors (Lipinski definition) is 4. The molecule has 0 atom stereocenters. The molecule has 3 N–H and O–H groups in total. The summed E-state index contributed by atoms with van der Waals surface area (Å²) < 4.78 is 0.883. The lowest BCUT2D eigenvalue weighted by atomic mass is 9.89. The number of aromatic nitrogens is 2. The molecule has 0 aliphatic carbocycles. The molecular weight excluding hydrogens is 256 g/mol. The lowest BCUT2D eigenvalue weighted by Gasteiger charge is -2.24. The minimum absolute atomic E-state index is 0.180. The van der Waals surface area contributed by atoms with Crippen molar-refractivity contribution in [3.05, 3.63) is 17.0 Å². The minimum Gasteiger partial charge on any atom is -0.368 e. The van der Waals surface area contributed by atoms with Crippen LogP contribution < -0.4 is 11.1 Å². The molecule has 1 rings (SSSR count). The quantitative estimate of drug-likeness (QED) is 0.861. The standard InChI is InChI=1S/C10H17BrN4/c1-10(2,3-4-12)6-14-9-8(11)5-13-7-15-9/h5,7H,3-4,6,12H2,1-2H3,(H,13,14,15). The Hall–Kier alpha value is -0.680. The first-order valence-electron chi connectivity index (χ1n) is 4.94. The number of hydrogen-bond donors (Lipinski definition) is 2. The Bertz CT molecular complexity index is 314. The molecule has 0 aliphatic rings. The van der Waals surface area contributed by atoms with E-state index in [2.05, 4.69) is 45.1 Å². The summed E-state index contributed by atoms with van der Waals surface area (Å²) in [5, 5.41) is 3.28. The molecule has 1 aromatic rings. The molecule has 0 radical (unpaired) electrons. The molecule has 0 aliphatic heterocycles. The van der Waals surface area contributed by atoms with Gasteiger partial charge in [0.15, 0.2) is 0 Å². The van der Waals surface area contributed by atoms with Gasteiger partial charge in [0, 0.05) is 12.7 Å². The van der Waals surface area contributed by atoms with Crippen molar-refractivity contribution in [3.63, 3.8) is 0 Å². The number of halogens is 1. The van der Waals surface area contributed by atoms with E-state index in [9.17, 15) is 0 Å². The van der Waals surface area contributed by atoms with Gasteiger partial charge in [0.2, 0.25) is 0 Å². The van der Waals surface area contributed by atoms with Gasteiger partial charge in [-0.05, 0) is 34.3 Å². The van der Waals surface area contributed by atoms with Crippen LogP contribution >= 0.6 is 15.9 Å². The second kappa shape index (κ2) is 5.42. The second-order valence-corrected chi connectivity index (χ2v) is 5.13. The van der Waals surface area contributed by atoms with Crippen molar-refractivity contribution in [2.75, 3.05) is 18.4 Å². The average Bonchev–Trinajstić information content (AvgIpc) is 2.16. The van der Waals surface area contributed by atoms with Crippen LogP contribution in [0.5, 0.6) is 0 Å². The Morgan fingerprint density at radius 1 is 1.53 bits per heavy atom. The van der Waals surface area contributed by atoms with Crippen LogP contribution in [0.15, 0.2) is 17.0 Å². The molecule has 84 valence electrons. The Morgan fingerprint density at radius 2 is 2.27 bits per heavy atom. The lowest BCUT2D eigenvalue weighted by Crippen LogP contribution is -2.26. The SMILES string of the molecule is CC(C)(CCN)CNc1ncncc1Br. The molecule has 1 aromatic heterocycles. The van der Waals surface area contributed by atoms with Crippen LogP contribution in [0.1, 0.15) is 20.3 Å². The van der Waals surface area contributed by atoms with Crippen molar-refractivity contribution in [3.8, 4) is 0 Å². The van der Waals surface area contributed by atoms with Crippen LogP contribution in [-0.4, -0.2) is 23.1 Å². The molecule has 0 fully saturated rings. The van der Waals surface area contributed by atoms with Gasteiger partial charge in [0.25, 0.3) is 0 Å². The molecule has 0 saturated heterocycles. The Labute approximate surface area is 98.8 Å². The summed E-state index contributed by atoms with van der Waals surface area (Å²) in [6, 6.07) is 0. The molecule has 0 saturated carbocycles. The van der Waals surface area contributed by atoms with E-state index in [4.69, 9.17) is 5.73 Å².